The Morgan fingerprint density at radius 2 is 1.85 bits per heavy atom. The zero-order valence-electron chi connectivity index (χ0n) is 14.2. The normalized spacial score (nSPS) is 11.5. The van der Waals surface area contributed by atoms with Gasteiger partial charge in [-0.25, -0.2) is 12.8 Å². The van der Waals surface area contributed by atoms with E-state index in [0.29, 0.717) is 28.4 Å². The van der Waals surface area contributed by atoms with E-state index in [1.807, 2.05) is 0 Å². The molecule has 0 atom stereocenters. The number of halogens is 2. The number of rotatable bonds is 5. The van der Waals surface area contributed by atoms with E-state index in [0.717, 1.165) is 5.56 Å². The van der Waals surface area contributed by atoms with Gasteiger partial charge in [0.15, 0.2) is 0 Å². The molecule has 1 aromatic heterocycles. The molecule has 0 aliphatic rings. The van der Waals surface area contributed by atoms with Crippen LogP contribution in [0.5, 0.6) is 0 Å². The second-order valence-electron chi connectivity index (χ2n) is 6.03. The minimum absolute atomic E-state index is 0.172. The summed E-state index contributed by atoms with van der Waals surface area (Å²) >= 11 is 6.03. The second kappa shape index (κ2) is 7.09. The number of sulfonamides is 1. The standard InChI is InChI=1S/C18H17ClFN3O2S/c1-12-8-18(13(2)7-17(12)19)26(24,25)22-16-9-21-23(11-16)10-14-3-5-15(20)6-4-14/h3-9,11,22H,10H2,1-2H3. The molecule has 3 aromatic rings. The molecule has 5 nitrogen and oxygen atoms in total. The molecular formula is C18H17ClFN3O2S. The smallest absolute Gasteiger partial charge is 0.262 e. The van der Waals surface area contributed by atoms with Crippen molar-refractivity contribution < 1.29 is 12.8 Å². The summed E-state index contributed by atoms with van der Waals surface area (Å²) in [5, 5.41) is 4.66. The van der Waals surface area contributed by atoms with Gasteiger partial charge in [-0.2, -0.15) is 5.10 Å². The van der Waals surface area contributed by atoms with Gasteiger partial charge in [0.25, 0.3) is 10.0 Å². The zero-order chi connectivity index (χ0) is 18.9. The van der Waals surface area contributed by atoms with Gasteiger partial charge in [0.05, 0.1) is 23.3 Å². The molecule has 0 fully saturated rings. The predicted molar refractivity (Wildman–Crippen MR) is 99.5 cm³/mol. The number of anilines is 1. The molecule has 0 radical (unpaired) electrons. The minimum Gasteiger partial charge on any atom is -0.276 e. The minimum atomic E-state index is -3.76. The molecule has 8 heteroatoms. The van der Waals surface area contributed by atoms with Crippen molar-refractivity contribution in [3.8, 4) is 0 Å². The fraction of sp³-hybridized carbons (Fsp3) is 0.167. The Kier molecular flexibility index (Phi) is 5.02. The predicted octanol–water partition coefficient (Wildman–Crippen LogP) is 4.14. The Balaban J connectivity index is 1.80. The third kappa shape index (κ3) is 4.05. The van der Waals surface area contributed by atoms with E-state index in [4.69, 9.17) is 11.6 Å². The van der Waals surface area contributed by atoms with Crippen LogP contribution in [0.1, 0.15) is 16.7 Å². The molecule has 136 valence electrons. The van der Waals surface area contributed by atoms with Gasteiger partial charge >= 0.3 is 0 Å². The Labute approximate surface area is 156 Å². The summed E-state index contributed by atoms with van der Waals surface area (Å²) in [5.74, 6) is -0.309. The molecule has 0 saturated heterocycles. The lowest BCUT2D eigenvalue weighted by Crippen LogP contribution is -2.14. The van der Waals surface area contributed by atoms with Crippen molar-refractivity contribution in [1.82, 2.24) is 9.78 Å². The van der Waals surface area contributed by atoms with Crippen LogP contribution in [0, 0.1) is 19.7 Å². The first-order valence-electron chi connectivity index (χ1n) is 7.81. The topological polar surface area (TPSA) is 64.0 Å². The largest absolute Gasteiger partial charge is 0.276 e. The highest BCUT2D eigenvalue weighted by molar-refractivity contribution is 7.92. The van der Waals surface area contributed by atoms with Gasteiger partial charge in [0.2, 0.25) is 0 Å². The highest BCUT2D eigenvalue weighted by atomic mass is 35.5. The van der Waals surface area contributed by atoms with Crippen molar-refractivity contribution in [3.63, 3.8) is 0 Å². The first kappa shape index (κ1) is 18.4. The summed E-state index contributed by atoms with van der Waals surface area (Å²) in [7, 11) is -3.76. The van der Waals surface area contributed by atoms with Crippen LogP contribution in [0.4, 0.5) is 10.1 Å². The summed E-state index contributed by atoms with van der Waals surface area (Å²) in [4.78, 5) is 0.172. The van der Waals surface area contributed by atoms with Crippen molar-refractivity contribution in [2.24, 2.45) is 0 Å². The third-order valence-corrected chi connectivity index (χ3v) is 5.82. The van der Waals surface area contributed by atoms with E-state index in [1.165, 1.54) is 18.3 Å². The van der Waals surface area contributed by atoms with Crippen molar-refractivity contribution in [1.29, 1.82) is 0 Å². The number of nitrogens with zero attached hydrogens (tertiary/aromatic N) is 2. The van der Waals surface area contributed by atoms with Crippen LogP contribution in [-0.2, 0) is 16.6 Å². The Morgan fingerprint density at radius 3 is 2.54 bits per heavy atom. The lowest BCUT2D eigenvalue weighted by Gasteiger charge is -2.10. The van der Waals surface area contributed by atoms with Gasteiger partial charge in [0.1, 0.15) is 5.82 Å². The third-order valence-electron chi connectivity index (χ3n) is 3.89. The summed E-state index contributed by atoms with van der Waals surface area (Å²) in [5.41, 5.74) is 2.45. The van der Waals surface area contributed by atoms with Crippen LogP contribution in [0.3, 0.4) is 0 Å². The SMILES string of the molecule is Cc1cc(S(=O)(=O)Nc2cnn(Cc3ccc(F)cc3)c2)c(C)cc1Cl. The molecule has 0 bridgehead atoms. The molecule has 26 heavy (non-hydrogen) atoms. The summed E-state index contributed by atoms with van der Waals surface area (Å²) in [6.07, 6.45) is 3.01. The van der Waals surface area contributed by atoms with E-state index in [-0.39, 0.29) is 10.7 Å². The zero-order valence-corrected chi connectivity index (χ0v) is 15.8. The Bertz CT molecular complexity index is 1050. The van der Waals surface area contributed by atoms with Crippen LogP contribution in [0.25, 0.3) is 0 Å². The van der Waals surface area contributed by atoms with Crippen molar-refractivity contribution in [3.05, 3.63) is 76.3 Å². The number of aryl methyl sites for hydroxylation is 2. The molecule has 0 unspecified atom stereocenters. The maximum atomic E-state index is 13.0. The molecule has 0 amide bonds. The van der Waals surface area contributed by atoms with Gasteiger partial charge < -0.3 is 0 Å². The second-order valence-corrected chi connectivity index (χ2v) is 8.08. The molecule has 1 N–H and O–H groups in total. The van der Waals surface area contributed by atoms with E-state index < -0.39 is 10.0 Å². The molecule has 0 aliphatic heterocycles. The molecular weight excluding hydrogens is 377 g/mol. The highest BCUT2D eigenvalue weighted by Gasteiger charge is 2.19. The first-order valence-corrected chi connectivity index (χ1v) is 9.67. The van der Waals surface area contributed by atoms with Crippen LogP contribution >= 0.6 is 11.6 Å². The van der Waals surface area contributed by atoms with E-state index >= 15 is 0 Å². The number of aromatic nitrogens is 2. The molecule has 0 saturated carbocycles. The number of hydrogen-bond acceptors (Lipinski definition) is 3. The number of hydrogen-bond donors (Lipinski definition) is 1. The van der Waals surface area contributed by atoms with Crippen LogP contribution in [0.15, 0.2) is 53.7 Å². The van der Waals surface area contributed by atoms with Gasteiger partial charge in [-0.15, -0.1) is 0 Å². The lowest BCUT2D eigenvalue weighted by molar-refractivity contribution is 0.600. The fourth-order valence-corrected chi connectivity index (χ4v) is 4.09. The summed E-state index contributed by atoms with van der Waals surface area (Å²) in [6, 6.07) is 9.22. The maximum Gasteiger partial charge on any atom is 0.262 e. The number of benzene rings is 2. The van der Waals surface area contributed by atoms with Crippen LogP contribution < -0.4 is 4.72 Å². The van der Waals surface area contributed by atoms with E-state index in [9.17, 15) is 12.8 Å². The van der Waals surface area contributed by atoms with Gasteiger partial charge in [0, 0.05) is 11.2 Å². The summed E-state index contributed by atoms with van der Waals surface area (Å²) in [6.45, 7) is 3.85. The van der Waals surface area contributed by atoms with Crippen molar-refractivity contribution in [2.45, 2.75) is 25.3 Å². The average molecular weight is 394 g/mol. The van der Waals surface area contributed by atoms with Crippen LogP contribution in [-0.4, -0.2) is 18.2 Å². The Morgan fingerprint density at radius 1 is 1.15 bits per heavy atom. The van der Waals surface area contributed by atoms with E-state index in [2.05, 4.69) is 9.82 Å². The first-order chi connectivity index (χ1) is 12.2. The molecule has 3 rings (SSSR count). The van der Waals surface area contributed by atoms with Crippen LogP contribution in [0.2, 0.25) is 5.02 Å². The fourth-order valence-electron chi connectivity index (χ4n) is 2.53. The summed E-state index contributed by atoms with van der Waals surface area (Å²) < 4.78 is 42.4. The van der Waals surface area contributed by atoms with Gasteiger partial charge in [-0.3, -0.25) is 9.40 Å². The average Bonchev–Trinajstić information content (AvgIpc) is 2.99. The van der Waals surface area contributed by atoms with Gasteiger partial charge in [-0.1, -0.05) is 23.7 Å². The molecule has 0 spiro atoms. The molecule has 2 aromatic carbocycles. The quantitative estimate of drug-likeness (QED) is 0.708. The monoisotopic (exact) mass is 393 g/mol. The van der Waals surface area contributed by atoms with Gasteiger partial charge in [-0.05, 0) is 54.8 Å². The maximum absolute atomic E-state index is 13.0. The number of nitrogens with one attached hydrogen (secondary N) is 1. The van der Waals surface area contributed by atoms with E-state index in [1.54, 1.807) is 49.0 Å². The highest BCUT2D eigenvalue weighted by Crippen LogP contribution is 2.25. The molecule has 1 heterocycles. The Hall–Kier alpha value is -2.38. The molecule has 0 aliphatic carbocycles. The van der Waals surface area contributed by atoms with Crippen molar-refractivity contribution >= 4 is 27.3 Å². The lowest BCUT2D eigenvalue weighted by atomic mass is 10.2. The van der Waals surface area contributed by atoms with Crippen molar-refractivity contribution in [2.75, 3.05) is 4.72 Å².